The molecule has 0 amide bonds. The molecule has 0 bridgehead atoms. The van der Waals surface area contributed by atoms with E-state index in [0.717, 1.165) is 31.7 Å². The van der Waals surface area contributed by atoms with Gasteiger partial charge in [-0.25, -0.2) is 9.37 Å². The Kier molecular flexibility index (Phi) is 4.19. The summed E-state index contributed by atoms with van der Waals surface area (Å²) in [6.07, 6.45) is 2.75. The lowest BCUT2D eigenvalue weighted by Crippen LogP contribution is -2.22. The SMILES string of the molecule is N#Cc1cccnc1NCC1CCN(c2ccc(F)cc2)C1. The molecule has 22 heavy (non-hydrogen) atoms. The number of nitrogens with one attached hydrogen (secondary N) is 1. The van der Waals surface area contributed by atoms with Gasteiger partial charge in [-0.1, -0.05) is 0 Å². The van der Waals surface area contributed by atoms with Crippen molar-refractivity contribution in [3.8, 4) is 6.07 Å². The van der Waals surface area contributed by atoms with E-state index < -0.39 is 0 Å². The number of aromatic nitrogens is 1. The zero-order valence-corrected chi connectivity index (χ0v) is 12.2. The fraction of sp³-hybridized carbons (Fsp3) is 0.294. The van der Waals surface area contributed by atoms with Crippen LogP contribution in [-0.2, 0) is 0 Å². The largest absolute Gasteiger partial charge is 0.371 e. The quantitative estimate of drug-likeness (QED) is 0.942. The van der Waals surface area contributed by atoms with E-state index >= 15 is 0 Å². The maximum absolute atomic E-state index is 13.0. The second-order valence-electron chi connectivity index (χ2n) is 5.47. The summed E-state index contributed by atoms with van der Waals surface area (Å²) in [5.41, 5.74) is 1.62. The van der Waals surface area contributed by atoms with Crippen molar-refractivity contribution in [3.63, 3.8) is 0 Å². The average molecular weight is 296 g/mol. The number of pyridine rings is 1. The minimum atomic E-state index is -0.208. The third-order valence-electron chi connectivity index (χ3n) is 3.96. The van der Waals surface area contributed by atoms with Gasteiger partial charge in [-0.15, -0.1) is 0 Å². The van der Waals surface area contributed by atoms with E-state index in [1.54, 1.807) is 18.3 Å². The normalized spacial score (nSPS) is 17.3. The lowest BCUT2D eigenvalue weighted by atomic mass is 10.1. The number of hydrogen-bond donors (Lipinski definition) is 1. The Morgan fingerprint density at radius 1 is 1.32 bits per heavy atom. The van der Waals surface area contributed by atoms with Crippen molar-refractivity contribution in [2.45, 2.75) is 6.42 Å². The van der Waals surface area contributed by atoms with Crippen molar-refractivity contribution in [2.75, 3.05) is 29.9 Å². The Morgan fingerprint density at radius 3 is 2.91 bits per heavy atom. The molecule has 1 aromatic carbocycles. The molecule has 1 atom stereocenters. The van der Waals surface area contributed by atoms with Gasteiger partial charge in [-0.05, 0) is 48.7 Å². The molecule has 1 aliphatic rings. The predicted molar refractivity (Wildman–Crippen MR) is 84.2 cm³/mol. The molecule has 1 unspecified atom stereocenters. The van der Waals surface area contributed by atoms with Gasteiger partial charge >= 0.3 is 0 Å². The van der Waals surface area contributed by atoms with Crippen molar-refractivity contribution in [2.24, 2.45) is 5.92 Å². The Balaban J connectivity index is 1.57. The first-order valence-corrected chi connectivity index (χ1v) is 7.36. The molecule has 5 heteroatoms. The lowest BCUT2D eigenvalue weighted by molar-refractivity contribution is 0.620. The number of anilines is 2. The summed E-state index contributed by atoms with van der Waals surface area (Å²) < 4.78 is 13.0. The predicted octanol–water partition coefficient (Wildman–Crippen LogP) is 3.03. The number of benzene rings is 1. The molecule has 2 aromatic rings. The van der Waals surface area contributed by atoms with Crippen LogP contribution in [0.3, 0.4) is 0 Å². The van der Waals surface area contributed by atoms with Crippen molar-refractivity contribution >= 4 is 11.5 Å². The van der Waals surface area contributed by atoms with Crippen LogP contribution >= 0.6 is 0 Å². The van der Waals surface area contributed by atoms with Crippen LogP contribution in [-0.4, -0.2) is 24.6 Å². The molecule has 0 saturated carbocycles. The minimum absolute atomic E-state index is 0.208. The van der Waals surface area contributed by atoms with Crippen molar-refractivity contribution in [1.82, 2.24) is 4.98 Å². The second kappa shape index (κ2) is 6.44. The zero-order chi connectivity index (χ0) is 15.4. The van der Waals surface area contributed by atoms with Gasteiger partial charge in [-0.2, -0.15) is 5.26 Å². The Labute approximate surface area is 129 Å². The first kappa shape index (κ1) is 14.3. The summed E-state index contributed by atoms with van der Waals surface area (Å²) in [6, 6.07) is 12.3. The number of rotatable bonds is 4. The number of halogens is 1. The van der Waals surface area contributed by atoms with E-state index in [4.69, 9.17) is 5.26 Å². The molecule has 4 nitrogen and oxygen atoms in total. The molecule has 1 saturated heterocycles. The van der Waals surface area contributed by atoms with E-state index in [1.165, 1.54) is 12.1 Å². The minimum Gasteiger partial charge on any atom is -0.371 e. The van der Waals surface area contributed by atoms with Gasteiger partial charge < -0.3 is 10.2 Å². The standard InChI is InChI=1S/C17H17FN4/c18-15-3-5-16(6-4-15)22-9-7-13(12-22)11-21-17-14(10-19)2-1-8-20-17/h1-6,8,13H,7,9,11-12H2,(H,20,21). The monoisotopic (exact) mass is 296 g/mol. The zero-order valence-electron chi connectivity index (χ0n) is 12.2. The number of nitrogens with zero attached hydrogens (tertiary/aromatic N) is 3. The highest BCUT2D eigenvalue weighted by Crippen LogP contribution is 2.24. The van der Waals surface area contributed by atoms with Crippen LogP contribution in [0.2, 0.25) is 0 Å². The summed E-state index contributed by atoms with van der Waals surface area (Å²) in [4.78, 5) is 6.47. The molecule has 1 N–H and O–H groups in total. The van der Waals surface area contributed by atoms with E-state index in [-0.39, 0.29) is 5.82 Å². The second-order valence-corrected chi connectivity index (χ2v) is 5.47. The Bertz CT molecular complexity index is 678. The molecule has 3 rings (SSSR count). The van der Waals surface area contributed by atoms with Gasteiger partial charge in [0, 0.05) is 31.5 Å². The number of hydrogen-bond acceptors (Lipinski definition) is 4. The van der Waals surface area contributed by atoms with Crippen LogP contribution in [0.25, 0.3) is 0 Å². The first-order valence-electron chi connectivity index (χ1n) is 7.36. The third kappa shape index (κ3) is 3.17. The van der Waals surface area contributed by atoms with Crippen molar-refractivity contribution in [1.29, 1.82) is 5.26 Å². The molecule has 1 aliphatic heterocycles. The summed E-state index contributed by atoms with van der Waals surface area (Å²) >= 11 is 0. The van der Waals surface area contributed by atoms with E-state index in [0.29, 0.717) is 17.3 Å². The fourth-order valence-electron chi connectivity index (χ4n) is 2.76. The van der Waals surface area contributed by atoms with Gasteiger partial charge in [0.15, 0.2) is 0 Å². The van der Waals surface area contributed by atoms with Crippen LogP contribution < -0.4 is 10.2 Å². The molecule has 0 aliphatic carbocycles. The Hall–Kier alpha value is -2.61. The molecule has 0 radical (unpaired) electrons. The van der Waals surface area contributed by atoms with Gasteiger partial charge in [-0.3, -0.25) is 0 Å². The van der Waals surface area contributed by atoms with Crippen LogP contribution in [0.5, 0.6) is 0 Å². The summed E-state index contributed by atoms with van der Waals surface area (Å²) in [6.45, 7) is 2.67. The molecule has 112 valence electrons. The highest BCUT2D eigenvalue weighted by atomic mass is 19.1. The maximum Gasteiger partial charge on any atom is 0.143 e. The van der Waals surface area contributed by atoms with E-state index in [2.05, 4.69) is 21.3 Å². The van der Waals surface area contributed by atoms with Crippen LogP contribution in [0.4, 0.5) is 15.9 Å². The lowest BCUT2D eigenvalue weighted by Gasteiger charge is -2.19. The summed E-state index contributed by atoms with van der Waals surface area (Å²) in [5, 5.41) is 12.3. The van der Waals surface area contributed by atoms with Gasteiger partial charge in [0.2, 0.25) is 0 Å². The van der Waals surface area contributed by atoms with Gasteiger partial charge in [0.25, 0.3) is 0 Å². The number of nitriles is 1. The van der Waals surface area contributed by atoms with E-state index in [9.17, 15) is 4.39 Å². The molecule has 2 heterocycles. The molecule has 1 aromatic heterocycles. The summed E-state index contributed by atoms with van der Waals surface area (Å²) in [7, 11) is 0. The van der Waals surface area contributed by atoms with Crippen LogP contribution in [0, 0.1) is 23.1 Å². The average Bonchev–Trinajstić information content (AvgIpc) is 3.03. The molecule has 0 spiro atoms. The van der Waals surface area contributed by atoms with Crippen molar-refractivity contribution in [3.05, 3.63) is 54.0 Å². The first-order chi connectivity index (χ1) is 10.8. The molecular weight excluding hydrogens is 279 g/mol. The van der Waals surface area contributed by atoms with Crippen LogP contribution in [0.1, 0.15) is 12.0 Å². The smallest absolute Gasteiger partial charge is 0.143 e. The van der Waals surface area contributed by atoms with Crippen molar-refractivity contribution < 1.29 is 4.39 Å². The van der Waals surface area contributed by atoms with Gasteiger partial charge in [0.05, 0.1) is 5.56 Å². The highest BCUT2D eigenvalue weighted by molar-refractivity contribution is 5.51. The Morgan fingerprint density at radius 2 is 2.14 bits per heavy atom. The fourth-order valence-corrected chi connectivity index (χ4v) is 2.76. The van der Waals surface area contributed by atoms with Gasteiger partial charge in [0.1, 0.15) is 17.7 Å². The molecule has 1 fully saturated rings. The maximum atomic E-state index is 13.0. The molecular formula is C17H17FN4. The third-order valence-corrected chi connectivity index (χ3v) is 3.96. The summed E-state index contributed by atoms with van der Waals surface area (Å²) in [5.74, 6) is 0.921. The van der Waals surface area contributed by atoms with Crippen LogP contribution in [0.15, 0.2) is 42.6 Å². The topological polar surface area (TPSA) is 52.0 Å². The van der Waals surface area contributed by atoms with E-state index in [1.807, 2.05) is 12.1 Å². The highest BCUT2D eigenvalue weighted by Gasteiger charge is 2.22.